The van der Waals surface area contributed by atoms with Crippen molar-refractivity contribution in [2.75, 3.05) is 0 Å². The van der Waals surface area contributed by atoms with E-state index in [1.54, 1.807) is 12.1 Å². The summed E-state index contributed by atoms with van der Waals surface area (Å²) in [4.78, 5) is 0. The minimum absolute atomic E-state index is 0.290. The molecule has 2 nitrogen and oxygen atoms in total. The van der Waals surface area contributed by atoms with Crippen molar-refractivity contribution in [1.82, 2.24) is 0 Å². The zero-order valence-electron chi connectivity index (χ0n) is 10.2. The number of halogens is 4. The van der Waals surface area contributed by atoms with E-state index in [2.05, 4.69) is 4.74 Å². The Morgan fingerprint density at radius 2 is 1.25 bits per heavy atom. The van der Waals surface area contributed by atoms with Crippen molar-refractivity contribution in [3.05, 3.63) is 54.1 Å². The van der Waals surface area contributed by atoms with Crippen LogP contribution in [-0.4, -0.2) is 6.36 Å². The van der Waals surface area contributed by atoms with Crippen molar-refractivity contribution in [2.45, 2.75) is 12.2 Å². The molecule has 0 spiro atoms. The summed E-state index contributed by atoms with van der Waals surface area (Å²) in [6.45, 7) is 0. The van der Waals surface area contributed by atoms with Gasteiger partial charge in [0, 0.05) is 5.88 Å². The monoisotopic (exact) mass is 302 g/mol. The van der Waals surface area contributed by atoms with Crippen LogP contribution in [0.5, 0.6) is 17.2 Å². The molecule has 0 aliphatic carbocycles. The maximum atomic E-state index is 12.0. The van der Waals surface area contributed by atoms with Crippen LogP contribution >= 0.6 is 11.6 Å². The highest BCUT2D eigenvalue weighted by Crippen LogP contribution is 2.27. The summed E-state index contributed by atoms with van der Waals surface area (Å²) < 4.78 is 45.2. The van der Waals surface area contributed by atoms with E-state index in [-0.39, 0.29) is 5.75 Å². The molecule has 0 aromatic heterocycles. The number of rotatable bonds is 4. The van der Waals surface area contributed by atoms with E-state index in [0.29, 0.717) is 17.4 Å². The Balaban J connectivity index is 2.02. The van der Waals surface area contributed by atoms with Gasteiger partial charge in [-0.2, -0.15) is 0 Å². The number of alkyl halides is 4. The summed E-state index contributed by atoms with van der Waals surface area (Å²) in [5, 5.41) is 0. The molecule has 0 N–H and O–H groups in total. The Morgan fingerprint density at radius 1 is 0.800 bits per heavy atom. The summed E-state index contributed by atoms with van der Waals surface area (Å²) in [6.07, 6.45) is -4.69. The van der Waals surface area contributed by atoms with Crippen LogP contribution in [0.4, 0.5) is 13.2 Å². The molecule has 6 heteroatoms. The fourth-order valence-corrected chi connectivity index (χ4v) is 1.67. The summed E-state index contributed by atoms with van der Waals surface area (Å²) in [5.41, 5.74) is 0.952. The van der Waals surface area contributed by atoms with Crippen LogP contribution in [0.15, 0.2) is 48.5 Å². The minimum Gasteiger partial charge on any atom is -0.457 e. The molecule has 2 aromatic rings. The third-order valence-electron chi connectivity index (χ3n) is 2.37. The molecular formula is C14H10ClF3O2. The first-order chi connectivity index (χ1) is 9.46. The minimum atomic E-state index is -4.69. The van der Waals surface area contributed by atoms with Crippen LogP contribution in [0.1, 0.15) is 5.56 Å². The lowest BCUT2D eigenvalue weighted by atomic mass is 10.2. The standard InChI is InChI=1S/C14H10ClF3O2/c15-9-10-1-3-11(4-2-10)19-12-5-7-13(8-6-12)20-14(16,17)18/h1-8H,9H2. The van der Waals surface area contributed by atoms with Gasteiger partial charge in [-0.1, -0.05) is 12.1 Å². The van der Waals surface area contributed by atoms with Gasteiger partial charge in [-0.25, -0.2) is 0 Å². The topological polar surface area (TPSA) is 18.5 Å². The van der Waals surface area contributed by atoms with E-state index in [1.165, 1.54) is 24.3 Å². The number of benzene rings is 2. The normalized spacial score (nSPS) is 11.2. The predicted molar refractivity (Wildman–Crippen MR) is 69.2 cm³/mol. The van der Waals surface area contributed by atoms with Gasteiger partial charge in [0.2, 0.25) is 0 Å². The van der Waals surface area contributed by atoms with Gasteiger partial charge < -0.3 is 9.47 Å². The molecule has 0 bridgehead atoms. The van der Waals surface area contributed by atoms with Gasteiger partial charge in [-0.05, 0) is 42.0 Å². The Hall–Kier alpha value is -1.88. The molecule has 0 radical (unpaired) electrons. The highest BCUT2D eigenvalue weighted by Gasteiger charge is 2.30. The first-order valence-electron chi connectivity index (χ1n) is 5.65. The van der Waals surface area contributed by atoms with Gasteiger partial charge in [0.05, 0.1) is 0 Å². The Labute approximate surface area is 118 Å². The van der Waals surface area contributed by atoms with Crippen molar-refractivity contribution in [2.24, 2.45) is 0 Å². The number of hydrogen-bond donors (Lipinski definition) is 0. The fourth-order valence-electron chi connectivity index (χ4n) is 1.49. The van der Waals surface area contributed by atoms with Crippen LogP contribution < -0.4 is 9.47 Å². The van der Waals surface area contributed by atoms with E-state index < -0.39 is 6.36 Å². The highest BCUT2D eigenvalue weighted by atomic mass is 35.5. The summed E-state index contributed by atoms with van der Waals surface area (Å²) >= 11 is 5.66. The van der Waals surface area contributed by atoms with Crippen LogP contribution in [0, 0.1) is 0 Å². The molecule has 0 unspecified atom stereocenters. The summed E-state index contributed by atoms with van der Waals surface area (Å²) in [7, 11) is 0. The molecule has 106 valence electrons. The second kappa shape index (κ2) is 6.05. The van der Waals surface area contributed by atoms with E-state index in [4.69, 9.17) is 16.3 Å². The van der Waals surface area contributed by atoms with E-state index in [1.807, 2.05) is 12.1 Å². The zero-order chi connectivity index (χ0) is 14.6. The molecule has 0 heterocycles. The van der Waals surface area contributed by atoms with Crippen molar-refractivity contribution in [3.63, 3.8) is 0 Å². The van der Waals surface area contributed by atoms with Crippen LogP contribution in [0.2, 0.25) is 0 Å². The first-order valence-corrected chi connectivity index (χ1v) is 6.18. The average Bonchev–Trinajstić information content (AvgIpc) is 2.40. The van der Waals surface area contributed by atoms with Crippen molar-refractivity contribution in [3.8, 4) is 17.2 Å². The first kappa shape index (κ1) is 14.5. The van der Waals surface area contributed by atoms with Gasteiger partial charge in [0.1, 0.15) is 17.2 Å². The molecule has 0 aliphatic heterocycles. The lowest BCUT2D eigenvalue weighted by Gasteiger charge is -2.10. The third kappa shape index (κ3) is 4.35. The molecular weight excluding hydrogens is 293 g/mol. The van der Waals surface area contributed by atoms with Crippen molar-refractivity contribution >= 4 is 11.6 Å². The Kier molecular flexibility index (Phi) is 4.39. The van der Waals surface area contributed by atoms with Crippen LogP contribution in [0.3, 0.4) is 0 Å². The average molecular weight is 303 g/mol. The molecule has 20 heavy (non-hydrogen) atoms. The molecule has 0 fully saturated rings. The smallest absolute Gasteiger partial charge is 0.457 e. The lowest BCUT2D eigenvalue weighted by Crippen LogP contribution is -2.16. The SMILES string of the molecule is FC(F)(F)Oc1ccc(Oc2ccc(CCl)cc2)cc1. The summed E-state index contributed by atoms with van der Waals surface area (Å²) in [5.74, 6) is 1.10. The van der Waals surface area contributed by atoms with E-state index >= 15 is 0 Å². The second-order valence-electron chi connectivity index (χ2n) is 3.90. The molecule has 0 atom stereocenters. The molecule has 2 rings (SSSR count). The predicted octanol–water partition coefficient (Wildman–Crippen LogP) is 5.12. The van der Waals surface area contributed by atoms with Gasteiger partial charge in [-0.15, -0.1) is 24.8 Å². The van der Waals surface area contributed by atoms with Crippen LogP contribution in [-0.2, 0) is 5.88 Å². The van der Waals surface area contributed by atoms with Gasteiger partial charge in [0.25, 0.3) is 0 Å². The zero-order valence-corrected chi connectivity index (χ0v) is 10.9. The van der Waals surface area contributed by atoms with Gasteiger partial charge in [-0.3, -0.25) is 0 Å². The largest absolute Gasteiger partial charge is 0.573 e. The fraction of sp³-hybridized carbons (Fsp3) is 0.143. The lowest BCUT2D eigenvalue weighted by molar-refractivity contribution is -0.274. The molecule has 0 saturated carbocycles. The number of hydrogen-bond acceptors (Lipinski definition) is 2. The van der Waals surface area contributed by atoms with Crippen LogP contribution in [0.25, 0.3) is 0 Å². The third-order valence-corrected chi connectivity index (χ3v) is 2.68. The highest BCUT2D eigenvalue weighted by molar-refractivity contribution is 6.17. The molecule has 0 aliphatic rings. The maximum Gasteiger partial charge on any atom is 0.573 e. The molecule has 0 saturated heterocycles. The Bertz CT molecular complexity index is 550. The van der Waals surface area contributed by atoms with E-state index in [0.717, 1.165) is 5.56 Å². The van der Waals surface area contributed by atoms with Gasteiger partial charge >= 0.3 is 6.36 Å². The molecule has 2 aromatic carbocycles. The van der Waals surface area contributed by atoms with Crippen molar-refractivity contribution < 1.29 is 22.6 Å². The molecule has 0 amide bonds. The van der Waals surface area contributed by atoms with Gasteiger partial charge in [0.15, 0.2) is 0 Å². The van der Waals surface area contributed by atoms with E-state index in [9.17, 15) is 13.2 Å². The summed E-state index contributed by atoms with van der Waals surface area (Å²) in [6, 6.07) is 12.3. The quantitative estimate of drug-likeness (QED) is 0.730. The number of ether oxygens (including phenoxy) is 2. The maximum absolute atomic E-state index is 12.0. The van der Waals surface area contributed by atoms with Crippen molar-refractivity contribution in [1.29, 1.82) is 0 Å². The Morgan fingerprint density at radius 3 is 1.70 bits per heavy atom. The second-order valence-corrected chi connectivity index (χ2v) is 4.17.